The molecule has 0 aliphatic heterocycles. The fraction of sp³-hybridized carbons (Fsp3) is 0.333. The van der Waals surface area contributed by atoms with Gasteiger partial charge in [-0.1, -0.05) is 29.8 Å². The van der Waals surface area contributed by atoms with Crippen molar-refractivity contribution in [3.63, 3.8) is 0 Å². The summed E-state index contributed by atoms with van der Waals surface area (Å²) in [5, 5.41) is 8.79. The molecule has 0 spiro atoms. The molecule has 0 aliphatic rings. The number of hydrogen-bond donors (Lipinski definition) is 0. The molecular weight excluding hydrogens is 190 g/mol. The van der Waals surface area contributed by atoms with Crippen molar-refractivity contribution in [3.8, 4) is 6.07 Å². The second-order valence-corrected chi connectivity index (χ2v) is 3.39. The molecule has 0 saturated carbocycles. The SMILES string of the molecule is COC(=O)C(C#N)Cc1ccc(C)cc1. The maximum Gasteiger partial charge on any atom is 0.323 e. The van der Waals surface area contributed by atoms with Crippen molar-refractivity contribution in [2.75, 3.05) is 7.11 Å². The zero-order valence-electron chi connectivity index (χ0n) is 8.86. The van der Waals surface area contributed by atoms with Crippen molar-refractivity contribution in [3.05, 3.63) is 35.4 Å². The number of benzene rings is 1. The third-order valence-corrected chi connectivity index (χ3v) is 2.20. The predicted molar refractivity (Wildman–Crippen MR) is 56.0 cm³/mol. The molecule has 0 saturated heterocycles. The van der Waals surface area contributed by atoms with Crippen molar-refractivity contribution in [1.82, 2.24) is 0 Å². The van der Waals surface area contributed by atoms with Gasteiger partial charge in [0, 0.05) is 0 Å². The molecule has 1 rings (SSSR count). The maximum absolute atomic E-state index is 11.2. The summed E-state index contributed by atoms with van der Waals surface area (Å²) in [6, 6.07) is 9.70. The van der Waals surface area contributed by atoms with E-state index >= 15 is 0 Å². The van der Waals surface area contributed by atoms with Gasteiger partial charge in [-0.25, -0.2) is 0 Å². The first-order valence-electron chi connectivity index (χ1n) is 4.70. The summed E-state index contributed by atoms with van der Waals surface area (Å²) >= 11 is 0. The van der Waals surface area contributed by atoms with E-state index in [1.54, 1.807) is 0 Å². The van der Waals surface area contributed by atoms with Gasteiger partial charge in [-0.05, 0) is 18.9 Å². The van der Waals surface area contributed by atoms with Crippen LogP contribution in [0.3, 0.4) is 0 Å². The molecule has 1 atom stereocenters. The first-order valence-corrected chi connectivity index (χ1v) is 4.70. The maximum atomic E-state index is 11.2. The van der Waals surface area contributed by atoms with Crippen LogP contribution in [0.5, 0.6) is 0 Å². The number of nitriles is 1. The summed E-state index contributed by atoms with van der Waals surface area (Å²) in [5.41, 5.74) is 2.13. The van der Waals surface area contributed by atoms with E-state index in [9.17, 15) is 4.79 Å². The van der Waals surface area contributed by atoms with Gasteiger partial charge in [0.2, 0.25) is 0 Å². The fourth-order valence-electron chi connectivity index (χ4n) is 1.28. The smallest absolute Gasteiger partial charge is 0.323 e. The minimum atomic E-state index is -0.710. The molecular formula is C12H13NO2. The van der Waals surface area contributed by atoms with Gasteiger partial charge in [0.15, 0.2) is 0 Å². The van der Waals surface area contributed by atoms with Gasteiger partial charge in [-0.15, -0.1) is 0 Å². The molecule has 3 heteroatoms. The minimum absolute atomic E-state index is 0.406. The van der Waals surface area contributed by atoms with Gasteiger partial charge in [0.25, 0.3) is 0 Å². The van der Waals surface area contributed by atoms with Crippen molar-refractivity contribution < 1.29 is 9.53 Å². The summed E-state index contributed by atoms with van der Waals surface area (Å²) in [7, 11) is 1.29. The molecule has 0 heterocycles. The van der Waals surface area contributed by atoms with E-state index in [4.69, 9.17) is 5.26 Å². The lowest BCUT2D eigenvalue weighted by atomic mass is 10.00. The van der Waals surface area contributed by atoms with E-state index in [0.29, 0.717) is 6.42 Å². The molecule has 3 nitrogen and oxygen atoms in total. The van der Waals surface area contributed by atoms with Crippen LogP contribution in [0.1, 0.15) is 11.1 Å². The van der Waals surface area contributed by atoms with Crippen LogP contribution in [0.25, 0.3) is 0 Å². The molecule has 0 radical (unpaired) electrons. The Morgan fingerprint density at radius 1 is 1.47 bits per heavy atom. The quantitative estimate of drug-likeness (QED) is 0.704. The molecule has 78 valence electrons. The van der Waals surface area contributed by atoms with E-state index in [1.165, 1.54) is 7.11 Å². The zero-order valence-corrected chi connectivity index (χ0v) is 8.86. The lowest BCUT2D eigenvalue weighted by Gasteiger charge is -2.06. The summed E-state index contributed by atoms with van der Waals surface area (Å²) in [5.74, 6) is -1.18. The third kappa shape index (κ3) is 3.10. The van der Waals surface area contributed by atoms with Gasteiger partial charge in [-0.2, -0.15) is 5.26 Å². The van der Waals surface area contributed by atoms with Crippen LogP contribution >= 0.6 is 0 Å². The zero-order chi connectivity index (χ0) is 11.3. The number of carbonyl (C=O) groups excluding carboxylic acids is 1. The number of nitrogens with zero attached hydrogens (tertiary/aromatic N) is 1. The highest BCUT2D eigenvalue weighted by Crippen LogP contribution is 2.10. The number of methoxy groups -OCH3 is 1. The number of esters is 1. The van der Waals surface area contributed by atoms with Gasteiger partial charge in [0.05, 0.1) is 13.2 Å². The molecule has 0 amide bonds. The number of rotatable bonds is 3. The van der Waals surface area contributed by atoms with Crippen LogP contribution in [-0.4, -0.2) is 13.1 Å². The van der Waals surface area contributed by atoms with Crippen LogP contribution in [0.15, 0.2) is 24.3 Å². The first kappa shape index (κ1) is 11.3. The minimum Gasteiger partial charge on any atom is -0.468 e. The Bertz CT molecular complexity index is 376. The Labute approximate surface area is 89.3 Å². The Kier molecular flexibility index (Phi) is 3.87. The van der Waals surface area contributed by atoms with Crippen molar-refractivity contribution in [2.45, 2.75) is 13.3 Å². The summed E-state index contributed by atoms with van der Waals surface area (Å²) < 4.78 is 4.54. The number of aryl methyl sites for hydroxylation is 1. The molecule has 15 heavy (non-hydrogen) atoms. The molecule has 1 unspecified atom stereocenters. The molecule has 0 aliphatic carbocycles. The molecule has 1 aromatic carbocycles. The lowest BCUT2D eigenvalue weighted by Crippen LogP contribution is -2.16. The summed E-state index contributed by atoms with van der Waals surface area (Å²) in [6.07, 6.45) is 0.406. The van der Waals surface area contributed by atoms with E-state index in [2.05, 4.69) is 4.74 Å². The average Bonchev–Trinajstić information content (AvgIpc) is 2.27. The Balaban J connectivity index is 2.72. The molecule has 0 fully saturated rings. The van der Waals surface area contributed by atoms with E-state index in [0.717, 1.165) is 11.1 Å². The van der Waals surface area contributed by atoms with E-state index in [-0.39, 0.29) is 0 Å². The van der Waals surface area contributed by atoms with E-state index in [1.807, 2.05) is 37.3 Å². The Morgan fingerprint density at radius 3 is 2.53 bits per heavy atom. The average molecular weight is 203 g/mol. The lowest BCUT2D eigenvalue weighted by molar-refractivity contribution is -0.143. The van der Waals surface area contributed by atoms with Gasteiger partial charge in [0.1, 0.15) is 5.92 Å². The van der Waals surface area contributed by atoms with Gasteiger partial charge in [-0.3, -0.25) is 4.79 Å². The molecule has 1 aromatic rings. The normalized spacial score (nSPS) is 11.5. The highest BCUT2D eigenvalue weighted by molar-refractivity contribution is 5.75. The largest absolute Gasteiger partial charge is 0.468 e. The van der Waals surface area contributed by atoms with Crippen molar-refractivity contribution >= 4 is 5.97 Å². The topological polar surface area (TPSA) is 50.1 Å². The second-order valence-electron chi connectivity index (χ2n) is 3.39. The molecule has 0 N–H and O–H groups in total. The van der Waals surface area contributed by atoms with Crippen LogP contribution < -0.4 is 0 Å². The first-order chi connectivity index (χ1) is 7.17. The molecule has 0 bridgehead atoms. The standard InChI is InChI=1S/C12H13NO2/c1-9-3-5-10(6-4-9)7-11(8-13)12(14)15-2/h3-6,11H,7H2,1-2H3. The fourth-order valence-corrected chi connectivity index (χ4v) is 1.28. The Morgan fingerprint density at radius 2 is 2.07 bits per heavy atom. The van der Waals surface area contributed by atoms with Crippen LogP contribution in [0, 0.1) is 24.2 Å². The number of hydrogen-bond acceptors (Lipinski definition) is 3. The van der Waals surface area contributed by atoms with Gasteiger partial charge >= 0.3 is 5.97 Å². The van der Waals surface area contributed by atoms with Gasteiger partial charge < -0.3 is 4.74 Å². The second kappa shape index (κ2) is 5.16. The van der Waals surface area contributed by atoms with Crippen molar-refractivity contribution in [2.24, 2.45) is 5.92 Å². The van der Waals surface area contributed by atoms with Crippen LogP contribution in [0.2, 0.25) is 0 Å². The van der Waals surface area contributed by atoms with Crippen LogP contribution in [0.4, 0.5) is 0 Å². The monoisotopic (exact) mass is 203 g/mol. The summed E-state index contributed by atoms with van der Waals surface area (Å²) in [6.45, 7) is 1.99. The third-order valence-electron chi connectivity index (χ3n) is 2.20. The van der Waals surface area contributed by atoms with Crippen LogP contribution in [-0.2, 0) is 16.0 Å². The predicted octanol–water partition coefficient (Wildman–Crippen LogP) is 1.85. The molecule has 0 aromatic heterocycles. The highest BCUT2D eigenvalue weighted by atomic mass is 16.5. The summed E-state index contributed by atoms with van der Waals surface area (Å²) in [4.78, 5) is 11.2. The number of carbonyl (C=O) groups is 1. The number of ether oxygens (including phenoxy) is 1. The van der Waals surface area contributed by atoms with E-state index < -0.39 is 11.9 Å². The van der Waals surface area contributed by atoms with Crippen molar-refractivity contribution in [1.29, 1.82) is 5.26 Å². The Hall–Kier alpha value is -1.82. The highest BCUT2D eigenvalue weighted by Gasteiger charge is 2.18.